The molecule has 1 aromatic heterocycles. The van der Waals surface area contributed by atoms with Crippen LogP contribution in [0.15, 0.2) is 18.2 Å². The second kappa shape index (κ2) is 5.97. The van der Waals surface area contributed by atoms with Gasteiger partial charge in [-0.1, -0.05) is 0 Å². The first-order valence-corrected chi connectivity index (χ1v) is 6.11. The number of benzene rings is 1. The van der Waals surface area contributed by atoms with Crippen LogP contribution in [0.5, 0.6) is 5.75 Å². The lowest BCUT2D eigenvalue weighted by atomic mass is 10.0. The standard InChI is InChI=1S/C14H13N5O3/c1-21-9-4-7(3-8(5-9)13(20)22-2)11-10(6-15)12(16)19-14(17)18-11/h3-5H,1-2H3,(H4,16,17,18,19). The lowest BCUT2D eigenvalue weighted by Gasteiger charge is -2.10. The minimum absolute atomic E-state index is 0.0348. The maximum absolute atomic E-state index is 11.7. The van der Waals surface area contributed by atoms with Crippen LogP contribution in [0.4, 0.5) is 11.8 Å². The highest BCUT2D eigenvalue weighted by molar-refractivity contribution is 5.92. The number of ether oxygens (including phenoxy) is 2. The largest absolute Gasteiger partial charge is 0.497 e. The zero-order valence-corrected chi connectivity index (χ0v) is 12.0. The van der Waals surface area contributed by atoms with Gasteiger partial charge in [0.1, 0.15) is 23.2 Å². The van der Waals surface area contributed by atoms with E-state index in [1.807, 2.05) is 6.07 Å². The van der Waals surface area contributed by atoms with Crippen LogP contribution in [0, 0.1) is 11.3 Å². The molecule has 0 unspecified atom stereocenters. The van der Waals surface area contributed by atoms with Crippen molar-refractivity contribution in [3.05, 3.63) is 29.3 Å². The maximum atomic E-state index is 11.7. The first kappa shape index (κ1) is 15.1. The quantitative estimate of drug-likeness (QED) is 0.800. The van der Waals surface area contributed by atoms with Crippen LogP contribution in [-0.4, -0.2) is 30.2 Å². The molecule has 0 radical (unpaired) electrons. The summed E-state index contributed by atoms with van der Waals surface area (Å²) < 4.78 is 9.84. The molecule has 22 heavy (non-hydrogen) atoms. The number of hydrogen-bond donors (Lipinski definition) is 2. The van der Waals surface area contributed by atoms with E-state index in [4.69, 9.17) is 16.2 Å². The molecular weight excluding hydrogens is 286 g/mol. The van der Waals surface area contributed by atoms with Crippen LogP contribution in [0.3, 0.4) is 0 Å². The van der Waals surface area contributed by atoms with Crippen LogP contribution in [0.2, 0.25) is 0 Å². The van der Waals surface area contributed by atoms with Gasteiger partial charge < -0.3 is 20.9 Å². The van der Waals surface area contributed by atoms with Gasteiger partial charge in [0.25, 0.3) is 0 Å². The van der Waals surface area contributed by atoms with Crippen molar-refractivity contribution in [2.75, 3.05) is 25.7 Å². The number of aromatic nitrogens is 2. The average Bonchev–Trinajstić information content (AvgIpc) is 2.52. The molecule has 2 aromatic rings. The number of nitrogens with zero attached hydrogens (tertiary/aromatic N) is 3. The number of anilines is 2. The van der Waals surface area contributed by atoms with E-state index in [9.17, 15) is 10.1 Å². The molecular formula is C14H13N5O3. The maximum Gasteiger partial charge on any atom is 0.338 e. The molecule has 0 spiro atoms. The molecule has 8 heteroatoms. The molecule has 112 valence electrons. The number of nitrogens with two attached hydrogens (primary N) is 2. The molecule has 1 aromatic carbocycles. The Morgan fingerprint density at radius 1 is 1.23 bits per heavy atom. The third kappa shape index (κ3) is 2.73. The monoisotopic (exact) mass is 299 g/mol. The Morgan fingerprint density at radius 2 is 1.95 bits per heavy atom. The first-order chi connectivity index (χ1) is 10.5. The molecule has 0 aliphatic rings. The number of esters is 1. The molecule has 0 saturated heterocycles. The molecule has 2 rings (SSSR count). The Morgan fingerprint density at radius 3 is 2.55 bits per heavy atom. The predicted octanol–water partition coefficient (Wildman–Crippen LogP) is 0.975. The number of nitrogen functional groups attached to an aromatic ring is 2. The highest BCUT2D eigenvalue weighted by Gasteiger charge is 2.17. The normalized spacial score (nSPS) is 9.86. The van der Waals surface area contributed by atoms with E-state index in [0.29, 0.717) is 11.3 Å². The molecule has 0 amide bonds. The minimum atomic E-state index is -0.548. The van der Waals surface area contributed by atoms with Gasteiger partial charge in [-0.25, -0.2) is 9.78 Å². The van der Waals surface area contributed by atoms with Crippen molar-refractivity contribution in [1.82, 2.24) is 9.97 Å². The molecule has 1 heterocycles. The summed E-state index contributed by atoms with van der Waals surface area (Å²) in [6, 6.07) is 6.55. The smallest absolute Gasteiger partial charge is 0.338 e. The van der Waals surface area contributed by atoms with Gasteiger partial charge in [0.15, 0.2) is 0 Å². The van der Waals surface area contributed by atoms with Crippen molar-refractivity contribution < 1.29 is 14.3 Å². The summed E-state index contributed by atoms with van der Waals surface area (Å²) in [5.74, 6) is -0.257. The first-order valence-electron chi connectivity index (χ1n) is 6.11. The Bertz CT molecular complexity index is 783. The second-order valence-electron chi connectivity index (χ2n) is 4.24. The molecule has 8 nitrogen and oxygen atoms in total. The van der Waals surface area contributed by atoms with E-state index in [1.54, 1.807) is 6.07 Å². The lowest BCUT2D eigenvalue weighted by molar-refractivity contribution is 0.0600. The van der Waals surface area contributed by atoms with Crippen molar-refractivity contribution >= 4 is 17.7 Å². The van der Waals surface area contributed by atoms with Crippen LogP contribution in [0.1, 0.15) is 15.9 Å². The third-order valence-electron chi connectivity index (χ3n) is 2.90. The fraction of sp³-hybridized carbons (Fsp3) is 0.143. The topological polar surface area (TPSA) is 137 Å². The third-order valence-corrected chi connectivity index (χ3v) is 2.90. The molecule has 0 saturated carbocycles. The Labute approximate surface area is 126 Å². The summed E-state index contributed by atoms with van der Waals surface area (Å²) in [6.07, 6.45) is 0. The summed E-state index contributed by atoms with van der Waals surface area (Å²) in [4.78, 5) is 19.5. The fourth-order valence-corrected chi connectivity index (χ4v) is 1.90. The Kier molecular flexibility index (Phi) is 4.08. The fourth-order valence-electron chi connectivity index (χ4n) is 1.90. The van der Waals surface area contributed by atoms with Gasteiger partial charge >= 0.3 is 5.97 Å². The van der Waals surface area contributed by atoms with Crippen LogP contribution in [-0.2, 0) is 4.74 Å². The summed E-state index contributed by atoms with van der Waals surface area (Å²) in [5.41, 5.74) is 12.2. The number of hydrogen-bond acceptors (Lipinski definition) is 8. The van der Waals surface area contributed by atoms with Crippen molar-refractivity contribution in [3.63, 3.8) is 0 Å². The highest BCUT2D eigenvalue weighted by atomic mass is 16.5. The Balaban J connectivity index is 2.72. The van der Waals surface area contributed by atoms with E-state index >= 15 is 0 Å². The molecule has 0 aliphatic carbocycles. The Hall–Kier alpha value is -3.34. The number of nitriles is 1. The molecule has 0 fully saturated rings. The number of carbonyl (C=O) groups excluding carboxylic acids is 1. The second-order valence-corrected chi connectivity index (χ2v) is 4.24. The summed E-state index contributed by atoms with van der Waals surface area (Å²) >= 11 is 0. The van der Waals surface area contributed by atoms with E-state index < -0.39 is 5.97 Å². The summed E-state index contributed by atoms with van der Waals surface area (Å²) in [7, 11) is 2.72. The summed E-state index contributed by atoms with van der Waals surface area (Å²) in [6.45, 7) is 0. The summed E-state index contributed by atoms with van der Waals surface area (Å²) in [5, 5.41) is 9.23. The van der Waals surface area contributed by atoms with Gasteiger partial charge in [-0.2, -0.15) is 10.2 Å². The van der Waals surface area contributed by atoms with Crippen molar-refractivity contribution in [2.45, 2.75) is 0 Å². The van der Waals surface area contributed by atoms with E-state index in [1.165, 1.54) is 26.4 Å². The number of rotatable bonds is 3. The molecule has 4 N–H and O–H groups in total. The van der Waals surface area contributed by atoms with E-state index in [0.717, 1.165) is 0 Å². The molecule has 0 bridgehead atoms. The molecule has 0 aliphatic heterocycles. The van der Waals surface area contributed by atoms with E-state index in [2.05, 4.69) is 14.7 Å². The lowest BCUT2D eigenvalue weighted by Crippen LogP contribution is -2.06. The van der Waals surface area contributed by atoms with Gasteiger partial charge in [-0.15, -0.1) is 0 Å². The zero-order valence-electron chi connectivity index (χ0n) is 12.0. The van der Waals surface area contributed by atoms with Gasteiger partial charge in [0.05, 0.1) is 25.5 Å². The van der Waals surface area contributed by atoms with Gasteiger partial charge in [0.2, 0.25) is 5.95 Å². The van der Waals surface area contributed by atoms with Crippen LogP contribution < -0.4 is 16.2 Å². The van der Waals surface area contributed by atoms with Gasteiger partial charge in [-0.3, -0.25) is 0 Å². The number of carbonyl (C=O) groups is 1. The highest BCUT2D eigenvalue weighted by Crippen LogP contribution is 2.29. The predicted molar refractivity (Wildman–Crippen MR) is 78.9 cm³/mol. The van der Waals surface area contributed by atoms with Crippen LogP contribution in [0.25, 0.3) is 11.3 Å². The number of methoxy groups -OCH3 is 2. The van der Waals surface area contributed by atoms with Crippen molar-refractivity contribution in [3.8, 4) is 23.1 Å². The van der Waals surface area contributed by atoms with Gasteiger partial charge in [0, 0.05) is 5.56 Å². The SMILES string of the molecule is COC(=O)c1cc(OC)cc(-c2nc(N)nc(N)c2C#N)c1. The van der Waals surface area contributed by atoms with Crippen LogP contribution >= 0.6 is 0 Å². The average molecular weight is 299 g/mol. The van der Waals surface area contributed by atoms with Gasteiger partial charge in [-0.05, 0) is 18.2 Å². The van der Waals surface area contributed by atoms with Crippen molar-refractivity contribution in [1.29, 1.82) is 5.26 Å². The minimum Gasteiger partial charge on any atom is -0.497 e. The van der Waals surface area contributed by atoms with E-state index in [-0.39, 0.29) is 28.6 Å². The zero-order chi connectivity index (χ0) is 16.3. The van der Waals surface area contributed by atoms with Crippen molar-refractivity contribution in [2.24, 2.45) is 0 Å². The molecule has 0 atom stereocenters.